The van der Waals surface area contributed by atoms with Crippen molar-refractivity contribution in [2.75, 3.05) is 20.3 Å². The van der Waals surface area contributed by atoms with Gasteiger partial charge in [-0.25, -0.2) is 4.57 Å². The maximum absolute atomic E-state index is 11.7. The molecule has 0 aromatic rings. The zero-order valence-corrected chi connectivity index (χ0v) is 16.1. The number of Topliss-reactive ketones (excluding diaryl/α,β-unsaturated/α-hetero) is 1. The fraction of sp³-hybridized carbons (Fsp3) is 0.765. The molecule has 2 N–H and O–H groups in total. The number of amides is 1. The Morgan fingerprint density at radius 3 is 2.20 bits per heavy atom. The molecule has 0 aromatic carbocycles. The summed E-state index contributed by atoms with van der Waals surface area (Å²) >= 11 is 0. The number of carbonyl (C=O) groups excluding carboxylic acids is 2. The Labute approximate surface area is 150 Å². The van der Waals surface area contributed by atoms with E-state index in [0.717, 1.165) is 52.1 Å². The number of hydrogen-bond donors (Lipinski definition) is 2. The van der Waals surface area contributed by atoms with Crippen molar-refractivity contribution in [2.24, 2.45) is 0 Å². The molecule has 0 saturated carbocycles. The fourth-order valence-corrected chi connectivity index (χ4v) is 2.69. The highest BCUT2D eigenvalue weighted by Crippen LogP contribution is 2.41. The van der Waals surface area contributed by atoms with Gasteiger partial charge in [-0.2, -0.15) is 0 Å². The van der Waals surface area contributed by atoms with Crippen molar-refractivity contribution in [2.45, 2.75) is 64.2 Å². The molecule has 0 rings (SSSR count). The summed E-state index contributed by atoms with van der Waals surface area (Å²) in [6.45, 7) is 4.21. The van der Waals surface area contributed by atoms with Crippen LogP contribution < -0.4 is 5.32 Å². The van der Waals surface area contributed by atoms with Crippen LogP contribution in [0.3, 0.4) is 0 Å². The summed E-state index contributed by atoms with van der Waals surface area (Å²) in [5.74, 6) is 0.131. The number of carbonyl (C=O) groups is 2. The maximum Gasteiger partial charge on any atom is 0.471 e. The smallest absolute Gasteiger partial charge is 0.353 e. The van der Waals surface area contributed by atoms with E-state index in [2.05, 4.69) is 16.4 Å². The molecular formula is C17H32NO6P. The maximum atomic E-state index is 11.7. The van der Waals surface area contributed by atoms with Crippen LogP contribution in [0.1, 0.15) is 64.2 Å². The standard InChI is InChI=1S/C17H32NO6P/c1-3-17(20)18-14-10-7-9-13-16(19)12-8-5-4-6-11-15-24-25(21,22)23-2/h3H,1,4-15H2,2H3,(H,18,20)(H,21,22). The SMILES string of the molecule is C=CC(=O)NCCCCCC(=O)CCCCCCCOP(=O)(O)OC. The zero-order chi connectivity index (χ0) is 19.0. The lowest BCUT2D eigenvalue weighted by molar-refractivity contribution is -0.119. The minimum atomic E-state index is -3.84. The fourth-order valence-electron chi connectivity index (χ4n) is 2.22. The first-order valence-corrected chi connectivity index (χ1v) is 10.4. The van der Waals surface area contributed by atoms with E-state index >= 15 is 0 Å². The number of phosphoric ester groups is 1. The van der Waals surface area contributed by atoms with Gasteiger partial charge >= 0.3 is 7.82 Å². The molecule has 1 atom stereocenters. The number of ketones is 1. The summed E-state index contributed by atoms with van der Waals surface area (Å²) in [6.07, 6.45) is 9.55. The van der Waals surface area contributed by atoms with Gasteiger partial charge in [-0.3, -0.25) is 18.6 Å². The Morgan fingerprint density at radius 2 is 1.60 bits per heavy atom. The molecule has 0 aromatic heterocycles. The number of hydrogen-bond acceptors (Lipinski definition) is 5. The highest BCUT2D eigenvalue weighted by atomic mass is 31.2. The average molecular weight is 377 g/mol. The minimum Gasteiger partial charge on any atom is -0.353 e. The summed E-state index contributed by atoms with van der Waals surface area (Å²) in [6, 6.07) is 0. The molecule has 8 heteroatoms. The summed E-state index contributed by atoms with van der Waals surface area (Å²) in [5.41, 5.74) is 0. The lowest BCUT2D eigenvalue weighted by Gasteiger charge is -2.08. The van der Waals surface area contributed by atoms with Gasteiger partial charge in [0.1, 0.15) is 5.78 Å². The Morgan fingerprint density at radius 1 is 1.04 bits per heavy atom. The quantitative estimate of drug-likeness (QED) is 0.228. The van der Waals surface area contributed by atoms with Crippen LogP contribution in [0, 0.1) is 0 Å². The van der Waals surface area contributed by atoms with Crippen molar-refractivity contribution in [3.8, 4) is 0 Å². The molecular weight excluding hydrogens is 345 g/mol. The van der Waals surface area contributed by atoms with Gasteiger partial charge in [0.25, 0.3) is 0 Å². The predicted octanol–water partition coefficient (Wildman–Crippen LogP) is 3.52. The van der Waals surface area contributed by atoms with Crippen LogP contribution in [0.15, 0.2) is 12.7 Å². The third kappa shape index (κ3) is 16.2. The molecule has 1 amide bonds. The molecule has 146 valence electrons. The number of phosphoric acid groups is 1. The van der Waals surface area contributed by atoms with Gasteiger partial charge in [-0.05, 0) is 31.8 Å². The minimum absolute atomic E-state index is 0.160. The monoisotopic (exact) mass is 377 g/mol. The van der Waals surface area contributed by atoms with Crippen molar-refractivity contribution in [3.63, 3.8) is 0 Å². The molecule has 0 radical (unpaired) electrons. The van der Waals surface area contributed by atoms with Crippen LogP contribution in [-0.4, -0.2) is 36.8 Å². The summed E-state index contributed by atoms with van der Waals surface area (Å²) < 4.78 is 20.1. The van der Waals surface area contributed by atoms with E-state index in [1.165, 1.54) is 6.08 Å². The Hall–Kier alpha value is -1.01. The van der Waals surface area contributed by atoms with Gasteiger partial charge in [-0.1, -0.05) is 32.3 Å². The van der Waals surface area contributed by atoms with Gasteiger partial charge in [-0.15, -0.1) is 0 Å². The lowest BCUT2D eigenvalue weighted by Crippen LogP contribution is -2.21. The zero-order valence-electron chi connectivity index (χ0n) is 15.2. The molecule has 0 aliphatic heterocycles. The van der Waals surface area contributed by atoms with Gasteiger partial charge in [0.15, 0.2) is 0 Å². The van der Waals surface area contributed by atoms with Crippen molar-refractivity contribution in [1.29, 1.82) is 0 Å². The highest BCUT2D eigenvalue weighted by Gasteiger charge is 2.17. The largest absolute Gasteiger partial charge is 0.471 e. The number of unbranched alkanes of at least 4 members (excludes halogenated alkanes) is 6. The molecule has 7 nitrogen and oxygen atoms in total. The average Bonchev–Trinajstić information content (AvgIpc) is 2.59. The van der Waals surface area contributed by atoms with Crippen LogP contribution in [-0.2, 0) is 23.2 Å². The molecule has 0 saturated heterocycles. The molecule has 0 spiro atoms. The molecule has 1 unspecified atom stereocenters. The topological polar surface area (TPSA) is 102 Å². The Balaban J connectivity index is 3.34. The molecule has 0 aliphatic carbocycles. The highest BCUT2D eigenvalue weighted by molar-refractivity contribution is 7.47. The number of rotatable bonds is 17. The van der Waals surface area contributed by atoms with Crippen LogP contribution in [0.4, 0.5) is 0 Å². The lowest BCUT2D eigenvalue weighted by atomic mass is 10.0. The van der Waals surface area contributed by atoms with Crippen LogP contribution in [0.25, 0.3) is 0 Å². The molecule has 0 fully saturated rings. The first-order chi connectivity index (χ1) is 11.9. The van der Waals surface area contributed by atoms with Gasteiger partial charge in [0, 0.05) is 26.5 Å². The van der Waals surface area contributed by atoms with Crippen molar-refractivity contribution >= 4 is 19.5 Å². The first-order valence-electron chi connectivity index (χ1n) is 8.86. The van der Waals surface area contributed by atoms with Crippen molar-refractivity contribution < 1.29 is 28.1 Å². The second-order valence-corrected chi connectivity index (χ2v) is 7.41. The van der Waals surface area contributed by atoms with Crippen LogP contribution in [0.5, 0.6) is 0 Å². The number of nitrogens with one attached hydrogen (secondary N) is 1. The van der Waals surface area contributed by atoms with E-state index in [9.17, 15) is 14.2 Å². The summed E-state index contributed by atoms with van der Waals surface area (Å²) in [7, 11) is -2.70. The Kier molecular flexibility index (Phi) is 14.6. The summed E-state index contributed by atoms with van der Waals surface area (Å²) in [4.78, 5) is 31.7. The Bertz CT molecular complexity index is 441. The van der Waals surface area contributed by atoms with E-state index in [4.69, 9.17) is 9.42 Å². The van der Waals surface area contributed by atoms with Gasteiger partial charge in [0.2, 0.25) is 5.91 Å². The van der Waals surface area contributed by atoms with E-state index < -0.39 is 7.82 Å². The van der Waals surface area contributed by atoms with E-state index in [1.54, 1.807) is 0 Å². The third-order valence-corrected chi connectivity index (χ3v) is 4.67. The normalized spacial score (nSPS) is 13.2. The molecule has 0 bridgehead atoms. The second-order valence-electron chi connectivity index (χ2n) is 5.85. The molecule has 0 heterocycles. The van der Waals surface area contributed by atoms with Crippen molar-refractivity contribution in [3.05, 3.63) is 12.7 Å². The molecule has 0 aliphatic rings. The van der Waals surface area contributed by atoms with E-state index in [1.807, 2.05) is 0 Å². The van der Waals surface area contributed by atoms with Crippen molar-refractivity contribution in [1.82, 2.24) is 5.32 Å². The second kappa shape index (κ2) is 15.3. The van der Waals surface area contributed by atoms with E-state index in [0.29, 0.717) is 31.6 Å². The van der Waals surface area contributed by atoms with Crippen LogP contribution >= 0.6 is 7.82 Å². The first kappa shape index (κ1) is 24.0. The van der Waals surface area contributed by atoms with Crippen LogP contribution in [0.2, 0.25) is 0 Å². The third-order valence-electron chi connectivity index (χ3n) is 3.70. The van der Waals surface area contributed by atoms with Gasteiger partial charge in [0.05, 0.1) is 6.61 Å². The van der Waals surface area contributed by atoms with Gasteiger partial charge < -0.3 is 10.2 Å². The molecule has 25 heavy (non-hydrogen) atoms. The predicted molar refractivity (Wildman–Crippen MR) is 97.2 cm³/mol. The summed E-state index contributed by atoms with van der Waals surface area (Å²) in [5, 5.41) is 2.71. The van der Waals surface area contributed by atoms with E-state index in [-0.39, 0.29) is 12.5 Å².